The summed E-state index contributed by atoms with van der Waals surface area (Å²) in [5.74, 6) is 5.90. The van der Waals surface area contributed by atoms with Crippen molar-refractivity contribution in [1.29, 1.82) is 0 Å². The maximum Gasteiger partial charge on any atom is 0.162 e. The van der Waals surface area contributed by atoms with E-state index < -0.39 is 0 Å². The van der Waals surface area contributed by atoms with Gasteiger partial charge in [-0.1, -0.05) is 46.4 Å². The summed E-state index contributed by atoms with van der Waals surface area (Å²) in [6.45, 7) is 15.4. The fourth-order valence-electron chi connectivity index (χ4n) is 1.13. The van der Waals surface area contributed by atoms with Gasteiger partial charge in [-0.15, -0.1) is 0 Å². The molecule has 0 aliphatic rings. The minimum atomic E-state index is 0.597. The first-order valence-corrected chi connectivity index (χ1v) is 6.33. The number of hydrazine groups is 1. The van der Waals surface area contributed by atoms with Crippen molar-refractivity contribution in [3.63, 3.8) is 0 Å². The van der Waals surface area contributed by atoms with Crippen molar-refractivity contribution in [1.82, 2.24) is 9.97 Å². The monoisotopic (exact) mass is 250 g/mol. The number of anilines is 1. The van der Waals surface area contributed by atoms with Gasteiger partial charge in [-0.25, -0.2) is 15.8 Å². The van der Waals surface area contributed by atoms with Crippen LogP contribution in [0.3, 0.4) is 0 Å². The smallest absolute Gasteiger partial charge is 0.162 e. The van der Waals surface area contributed by atoms with Gasteiger partial charge in [0.05, 0.1) is 16.4 Å². The summed E-state index contributed by atoms with van der Waals surface area (Å²) in [5, 5.41) is 1.60. The third kappa shape index (κ3) is 5.59. The van der Waals surface area contributed by atoms with Crippen molar-refractivity contribution in [3.05, 3.63) is 29.0 Å². The number of aromatic nitrogens is 2. The fraction of sp³-hybridized carbons (Fsp3) is 0.429. The Labute approximate surface area is 110 Å². The highest BCUT2D eigenvalue weighted by molar-refractivity contribution is 5.41. The lowest BCUT2D eigenvalue weighted by Gasteiger charge is -2.02. The molecule has 1 heterocycles. The minimum Gasteiger partial charge on any atom is -0.307 e. The van der Waals surface area contributed by atoms with Gasteiger partial charge in [0.1, 0.15) is 0 Å². The summed E-state index contributed by atoms with van der Waals surface area (Å²) in [6, 6.07) is 0. The number of allylic oxidation sites excluding steroid dienone is 1. The van der Waals surface area contributed by atoms with E-state index in [4.69, 9.17) is 5.84 Å². The average molecular weight is 250 g/mol. The highest BCUT2D eigenvalue weighted by Crippen LogP contribution is 1.98. The molecule has 1 aromatic heterocycles. The Kier molecular flexibility index (Phi) is 12.2. The first kappa shape index (κ1) is 18.7. The molecule has 0 aliphatic heterocycles. The lowest BCUT2D eigenvalue weighted by molar-refractivity contribution is 1.03. The van der Waals surface area contributed by atoms with E-state index in [1.165, 1.54) is 0 Å². The second-order valence-corrected chi connectivity index (χ2v) is 2.76. The average Bonchev–Trinajstić information content (AvgIpc) is 2.44. The molecule has 4 nitrogen and oxygen atoms in total. The summed E-state index contributed by atoms with van der Waals surface area (Å²) in [4.78, 5) is 8.64. The first-order valence-electron chi connectivity index (χ1n) is 6.33. The standard InChI is InChI=1S/C10H14N4.2C2H6/c1-4-6-9-8(5-2)13-10(14-11)7(3)12-9;2*1-2/h4-6H,1,11H2,2-3H3,(H,13,14);2*1-2H3/b8-5+,9-6+;;. The zero-order valence-corrected chi connectivity index (χ0v) is 12.4. The van der Waals surface area contributed by atoms with E-state index in [1.807, 2.05) is 53.7 Å². The highest BCUT2D eigenvalue weighted by atomic mass is 15.3. The van der Waals surface area contributed by atoms with E-state index in [0.29, 0.717) is 5.82 Å². The second-order valence-electron chi connectivity index (χ2n) is 2.76. The predicted octanol–water partition coefficient (Wildman–Crippen LogP) is 1.89. The second kappa shape index (κ2) is 11.8. The maximum atomic E-state index is 5.30. The number of nitrogen functional groups attached to an aromatic ring is 1. The van der Waals surface area contributed by atoms with E-state index in [2.05, 4.69) is 22.0 Å². The van der Waals surface area contributed by atoms with Gasteiger partial charge >= 0.3 is 0 Å². The van der Waals surface area contributed by atoms with Crippen LogP contribution in [0.5, 0.6) is 0 Å². The summed E-state index contributed by atoms with van der Waals surface area (Å²) in [7, 11) is 0. The van der Waals surface area contributed by atoms with E-state index in [-0.39, 0.29) is 0 Å². The van der Waals surface area contributed by atoms with Crippen molar-refractivity contribution in [2.75, 3.05) is 5.43 Å². The van der Waals surface area contributed by atoms with E-state index in [0.717, 1.165) is 16.4 Å². The molecule has 0 radical (unpaired) electrons. The molecular formula is C14H26N4. The van der Waals surface area contributed by atoms with Gasteiger partial charge < -0.3 is 5.43 Å². The van der Waals surface area contributed by atoms with Crippen LogP contribution in [0.15, 0.2) is 12.7 Å². The molecule has 0 fully saturated rings. The van der Waals surface area contributed by atoms with Crippen molar-refractivity contribution in [3.8, 4) is 0 Å². The Morgan fingerprint density at radius 2 is 1.67 bits per heavy atom. The lowest BCUT2D eigenvalue weighted by Crippen LogP contribution is -2.33. The molecule has 0 aromatic carbocycles. The SMILES string of the molecule is C=C/C=c1/nc(C)c(NN)n/c1=C/C.CC.CC. The van der Waals surface area contributed by atoms with Crippen LogP contribution in [0.25, 0.3) is 12.2 Å². The Morgan fingerprint density at radius 3 is 2.06 bits per heavy atom. The van der Waals surface area contributed by atoms with Crippen LogP contribution in [0.2, 0.25) is 0 Å². The maximum absolute atomic E-state index is 5.30. The number of rotatable bonds is 2. The molecule has 0 saturated heterocycles. The van der Waals surface area contributed by atoms with E-state index in [1.54, 1.807) is 6.08 Å². The van der Waals surface area contributed by atoms with Gasteiger partial charge in [0.25, 0.3) is 0 Å². The van der Waals surface area contributed by atoms with Crippen molar-refractivity contribution in [2.24, 2.45) is 5.84 Å². The van der Waals surface area contributed by atoms with Crippen molar-refractivity contribution in [2.45, 2.75) is 41.5 Å². The zero-order chi connectivity index (χ0) is 14.6. The molecule has 1 rings (SSSR count). The Hall–Kier alpha value is -1.68. The van der Waals surface area contributed by atoms with E-state index in [9.17, 15) is 0 Å². The van der Waals surface area contributed by atoms with Gasteiger partial charge in [-0.2, -0.15) is 0 Å². The van der Waals surface area contributed by atoms with E-state index >= 15 is 0 Å². The molecule has 0 spiro atoms. The zero-order valence-electron chi connectivity index (χ0n) is 12.4. The topological polar surface area (TPSA) is 63.8 Å². The molecule has 0 atom stereocenters. The Bertz CT molecular complexity index is 450. The number of nitrogens with two attached hydrogens (primary N) is 1. The van der Waals surface area contributed by atoms with Crippen LogP contribution in [0, 0.1) is 6.92 Å². The minimum absolute atomic E-state index is 0.597. The summed E-state index contributed by atoms with van der Waals surface area (Å²) in [5.41, 5.74) is 3.28. The number of aryl methyl sites for hydroxylation is 1. The largest absolute Gasteiger partial charge is 0.307 e. The van der Waals surface area contributed by atoms with Gasteiger partial charge in [-0.05, 0) is 19.9 Å². The molecule has 0 aliphatic carbocycles. The molecule has 1 aromatic rings. The summed E-state index contributed by atoms with van der Waals surface area (Å²) >= 11 is 0. The Balaban J connectivity index is 0. The number of hydrogen-bond acceptors (Lipinski definition) is 4. The Morgan fingerprint density at radius 1 is 1.11 bits per heavy atom. The molecule has 0 saturated carbocycles. The van der Waals surface area contributed by atoms with Crippen LogP contribution in [0.4, 0.5) is 5.82 Å². The number of hydrogen-bond donors (Lipinski definition) is 2. The number of nitrogens with one attached hydrogen (secondary N) is 1. The number of nitrogens with zero attached hydrogens (tertiary/aromatic N) is 2. The molecule has 3 N–H and O–H groups in total. The summed E-state index contributed by atoms with van der Waals surface area (Å²) < 4.78 is 0. The van der Waals surface area contributed by atoms with Crippen LogP contribution >= 0.6 is 0 Å². The van der Waals surface area contributed by atoms with Crippen LogP contribution in [-0.2, 0) is 0 Å². The normalized spacial score (nSPS) is 10.8. The highest BCUT2D eigenvalue weighted by Gasteiger charge is 1.98. The molecule has 4 heteroatoms. The van der Waals surface area contributed by atoms with Crippen molar-refractivity contribution < 1.29 is 0 Å². The molecular weight excluding hydrogens is 224 g/mol. The third-order valence-electron chi connectivity index (χ3n) is 1.81. The van der Waals surface area contributed by atoms with Gasteiger partial charge in [-0.3, -0.25) is 0 Å². The van der Waals surface area contributed by atoms with Crippen LogP contribution in [-0.4, -0.2) is 9.97 Å². The van der Waals surface area contributed by atoms with Crippen LogP contribution < -0.4 is 22.0 Å². The fourth-order valence-corrected chi connectivity index (χ4v) is 1.13. The molecule has 18 heavy (non-hydrogen) atoms. The third-order valence-corrected chi connectivity index (χ3v) is 1.81. The molecule has 0 amide bonds. The molecule has 0 bridgehead atoms. The predicted molar refractivity (Wildman–Crippen MR) is 81.3 cm³/mol. The van der Waals surface area contributed by atoms with Gasteiger partial charge in [0.2, 0.25) is 0 Å². The van der Waals surface area contributed by atoms with Gasteiger partial charge in [0.15, 0.2) is 5.82 Å². The summed E-state index contributed by atoms with van der Waals surface area (Å²) in [6.07, 6.45) is 5.38. The van der Waals surface area contributed by atoms with Crippen LogP contribution in [0.1, 0.15) is 40.3 Å². The van der Waals surface area contributed by atoms with Gasteiger partial charge in [0, 0.05) is 0 Å². The molecule has 102 valence electrons. The van der Waals surface area contributed by atoms with Crippen molar-refractivity contribution >= 4 is 18.0 Å². The molecule has 0 unspecified atom stereocenters. The first-order chi connectivity index (χ1) is 8.72. The lowest BCUT2D eigenvalue weighted by atomic mass is 10.3. The quantitative estimate of drug-likeness (QED) is 0.621.